The zero-order valence-corrected chi connectivity index (χ0v) is 45.2. The van der Waals surface area contributed by atoms with Crippen LogP contribution in [0.4, 0.5) is 13.2 Å². The number of ether oxygens (including phenoxy) is 8. The number of fused-ring (bicyclic) bond motifs is 3. The van der Waals surface area contributed by atoms with Crippen LogP contribution in [-0.2, 0) is 61.9 Å². The van der Waals surface area contributed by atoms with E-state index < -0.39 is 90.7 Å². The van der Waals surface area contributed by atoms with Gasteiger partial charge in [-0.2, -0.15) is 0 Å². The van der Waals surface area contributed by atoms with Crippen LogP contribution in [0.15, 0.2) is 41.2 Å². The fourth-order valence-corrected chi connectivity index (χ4v) is 10.5. The number of piperidine rings is 1. The minimum Gasteiger partial charge on any atom is -0.460 e. The fourth-order valence-electron chi connectivity index (χ4n) is 10.5. The van der Waals surface area contributed by atoms with E-state index in [2.05, 4.69) is 10.5 Å². The van der Waals surface area contributed by atoms with E-state index >= 15 is 0 Å². The van der Waals surface area contributed by atoms with Crippen LogP contribution in [0.1, 0.15) is 125 Å². The Labute approximate surface area is 440 Å². The summed E-state index contributed by atoms with van der Waals surface area (Å²) in [7, 11) is 2.94. The molecule has 20 heteroatoms. The van der Waals surface area contributed by atoms with Gasteiger partial charge in [0.25, 0.3) is 11.7 Å². The second kappa shape index (κ2) is 31.1. The quantitative estimate of drug-likeness (QED) is 0.0525. The highest BCUT2D eigenvalue weighted by molar-refractivity contribution is 6.39. The summed E-state index contributed by atoms with van der Waals surface area (Å²) in [6.45, 7) is 9.15. The van der Waals surface area contributed by atoms with Crippen LogP contribution in [0.25, 0.3) is 0 Å². The highest BCUT2D eigenvalue weighted by Crippen LogP contribution is 2.38. The Morgan fingerprint density at radius 2 is 1.61 bits per heavy atom. The first-order chi connectivity index (χ1) is 35.5. The standard InChI is InChI=1S/C55H84F3NO16/c1-34-15-11-9-10-12-16-35(2)48(62)50(69-8)49(63)38(5)29-36(3)43(61)33-46(37(4)30-40-19-21-44(71-24-23-60)47(31-40)68-7)74-53(66)42-17-13-14-22-59(42)52(65)51(64)54(67)39(6)18-20-41(75-54)32-45(34)72-27-25-70-26-28-73-55(56,57)58/h10-11,15,29,35-37,39-42,44-47,49-50,60,63,67H,12-14,16-28,30-33H2,1-8H3/b34-15+,38-29+/t9?,35-,36-,37-,39-,40+,41+,42+,44-,45?,46+,47-,49-,50+,54-/m1/s1. The van der Waals surface area contributed by atoms with E-state index in [0.29, 0.717) is 62.5 Å². The molecule has 1 unspecified atom stereocenters. The van der Waals surface area contributed by atoms with Crippen LogP contribution in [-0.4, -0.2) is 171 Å². The van der Waals surface area contributed by atoms with E-state index in [9.17, 15) is 52.5 Å². The lowest BCUT2D eigenvalue weighted by Crippen LogP contribution is -2.61. The number of ketones is 3. The summed E-state index contributed by atoms with van der Waals surface area (Å²) in [5, 5.41) is 32.9. The van der Waals surface area contributed by atoms with Gasteiger partial charge in [-0.05, 0) is 120 Å². The number of Topliss-reactive ketones (excluding diaryl/α,β-unsaturated/α-hetero) is 3. The van der Waals surface area contributed by atoms with Crippen LogP contribution >= 0.6 is 0 Å². The van der Waals surface area contributed by atoms with Crippen LogP contribution in [0.3, 0.4) is 0 Å². The molecule has 3 fully saturated rings. The molecule has 4 rings (SSSR count). The van der Waals surface area contributed by atoms with Gasteiger partial charge in [0.05, 0.1) is 64.1 Å². The van der Waals surface area contributed by atoms with E-state index in [4.69, 9.17) is 33.2 Å². The Kier molecular flexibility index (Phi) is 26.5. The number of methoxy groups -OCH3 is 2. The summed E-state index contributed by atoms with van der Waals surface area (Å²) < 4.78 is 82.2. The van der Waals surface area contributed by atoms with Gasteiger partial charge in [-0.25, -0.2) is 4.79 Å². The van der Waals surface area contributed by atoms with Gasteiger partial charge in [0, 0.05) is 51.4 Å². The Morgan fingerprint density at radius 3 is 2.31 bits per heavy atom. The molecule has 0 aromatic heterocycles. The minimum absolute atomic E-state index is 0.0107. The summed E-state index contributed by atoms with van der Waals surface area (Å²) in [5.74, 6) is -8.83. The number of carbonyl (C=O) groups is 5. The molecule has 3 N–H and O–H groups in total. The molecule has 75 heavy (non-hydrogen) atoms. The van der Waals surface area contributed by atoms with Gasteiger partial charge in [0.1, 0.15) is 30.1 Å². The second-order valence-corrected chi connectivity index (χ2v) is 20.8. The Hall–Kier alpha value is -3.66. The molecule has 0 aromatic carbocycles. The number of amides is 1. The van der Waals surface area contributed by atoms with Crippen molar-refractivity contribution in [3.05, 3.63) is 41.2 Å². The molecule has 17 nitrogen and oxygen atoms in total. The van der Waals surface area contributed by atoms with Crippen molar-refractivity contribution in [1.29, 1.82) is 0 Å². The predicted octanol–water partition coefficient (Wildman–Crippen LogP) is 6.47. The average Bonchev–Trinajstić information content (AvgIpc) is 3.38. The molecule has 0 spiro atoms. The number of hydrogen-bond acceptors (Lipinski definition) is 16. The number of aliphatic hydroxyl groups excluding tert-OH is 2. The van der Waals surface area contributed by atoms with E-state index in [1.807, 2.05) is 6.92 Å². The SMILES string of the molecule is CO[C@@H]1C[C@H](C[C@@H](C)[C@@H]2CC(=O)[C@H](C)/C=C(\C)[C@@H](O)[C@@H](OC)C(=O)[C@H](C)CCC=C=C/C=C(\C)C(OCCOCCOC(F)(F)F)C[C@@H]3CC[C@@H](C)[C@@](O)(O3)C(=O)C(=O)N3CCCC[C@H]3C(=O)O2)CC[C@H]1OCCO. The first-order valence-electron chi connectivity index (χ1n) is 26.7. The molecule has 1 amide bonds. The van der Waals surface area contributed by atoms with Gasteiger partial charge in [0.2, 0.25) is 5.79 Å². The van der Waals surface area contributed by atoms with E-state index in [1.165, 1.54) is 7.11 Å². The Bertz CT molecular complexity index is 1990. The number of hydrogen-bond donors (Lipinski definition) is 3. The average molecular weight is 1070 g/mol. The van der Waals surface area contributed by atoms with E-state index in [0.717, 1.165) is 11.3 Å². The van der Waals surface area contributed by atoms with Gasteiger partial charge in [-0.1, -0.05) is 39.8 Å². The molecule has 0 radical (unpaired) electrons. The largest absolute Gasteiger partial charge is 0.522 e. The molecular formula is C55H84F3NO16. The molecule has 426 valence electrons. The summed E-state index contributed by atoms with van der Waals surface area (Å²) in [6, 6.07) is -1.22. The monoisotopic (exact) mass is 1070 g/mol. The smallest absolute Gasteiger partial charge is 0.460 e. The topological polar surface area (TPSA) is 223 Å². The summed E-state index contributed by atoms with van der Waals surface area (Å²) >= 11 is 0. The van der Waals surface area contributed by atoms with Crippen molar-refractivity contribution < 1.29 is 90.4 Å². The van der Waals surface area contributed by atoms with Crippen molar-refractivity contribution in [2.75, 3.05) is 60.4 Å². The van der Waals surface area contributed by atoms with Gasteiger partial charge < -0.3 is 53.4 Å². The summed E-state index contributed by atoms with van der Waals surface area (Å²) in [5.41, 5.74) is 4.08. The number of nitrogens with zero attached hydrogens (tertiary/aromatic N) is 1. The molecule has 3 aliphatic heterocycles. The van der Waals surface area contributed by atoms with E-state index in [1.54, 1.807) is 66.0 Å². The zero-order valence-electron chi connectivity index (χ0n) is 45.2. The first kappa shape index (κ1) is 63.9. The molecule has 2 bridgehead atoms. The highest BCUT2D eigenvalue weighted by atomic mass is 19.4. The van der Waals surface area contributed by atoms with Crippen molar-refractivity contribution in [2.45, 2.75) is 186 Å². The van der Waals surface area contributed by atoms with Crippen molar-refractivity contribution in [1.82, 2.24) is 4.90 Å². The van der Waals surface area contributed by atoms with Crippen molar-refractivity contribution in [2.24, 2.45) is 29.6 Å². The maximum Gasteiger partial charge on any atom is 0.522 e. The number of rotatable bonds is 15. The molecule has 3 heterocycles. The third kappa shape index (κ3) is 19.3. The van der Waals surface area contributed by atoms with Crippen LogP contribution < -0.4 is 0 Å². The number of carbonyl (C=O) groups excluding carboxylic acids is 5. The van der Waals surface area contributed by atoms with Gasteiger partial charge in [-0.3, -0.25) is 23.9 Å². The van der Waals surface area contributed by atoms with Gasteiger partial charge in [0.15, 0.2) is 5.78 Å². The lowest BCUT2D eigenvalue weighted by Gasteiger charge is -2.43. The molecule has 14 atom stereocenters. The van der Waals surface area contributed by atoms with E-state index in [-0.39, 0.29) is 101 Å². The number of esters is 1. The highest BCUT2D eigenvalue weighted by Gasteiger charge is 2.53. The molecule has 1 saturated carbocycles. The Morgan fingerprint density at radius 1 is 0.880 bits per heavy atom. The lowest BCUT2D eigenvalue weighted by molar-refractivity contribution is -0.327. The first-order valence-corrected chi connectivity index (χ1v) is 26.7. The third-order valence-electron chi connectivity index (χ3n) is 15.2. The van der Waals surface area contributed by atoms with Gasteiger partial charge >= 0.3 is 12.3 Å². The molecule has 1 aliphatic carbocycles. The number of aliphatic hydroxyl groups is 3. The van der Waals surface area contributed by atoms with Crippen LogP contribution in [0.5, 0.6) is 0 Å². The number of cyclic esters (lactones) is 1. The fraction of sp³-hybridized carbons (Fsp3) is 0.782. The Balaban J connectivity index is 1.68. The van der Waals surface area contributed by atoms with Crippen LogP contribution in [0.2, 0.25) is 0 Å². The molecule has 4 aliphatic rings. The van der Waals surface area contributed by atoms with Crippen molar-refractivity contribution in [3.8, 4) is 0 Å². The number of allylic oxidation sites excluding steroid dienone is 3. The zero-order chi connectivity index (χ0) is 55.5. The minimum atomic E-state index is -4.80. The second-order valence-electron chi connectivity index (χ2n) is 20.8. The van der Waals surface area contributed by atoms with Gasteiger partial charge in [-0.15, -0.1) is 18.9 Å². The maximum atomic E-state index is 14.5. The van der Waals surface area contributed by atoms with Crippen molar-refractivity contribution in [3.63, 3.8) is 0 Å². The molecule has 0 aromatic rings. The summed E-state index contributed by atoms with van der Waals surface area (Å²) in [6.07, 6.45) is 1.38. The van der Waals surface area contributed by atoms with Crippen molar-refractivity contribution >= 4 is 29.2 Å². The summed E-state index contributed by atoms with van der Waals surface area (Å²) in [4.78, 5) is 72.4. The number of halogens is 3. The normalized spacial score (nSPS) is 34.9. The predicted molar refractivity (Wildman–Crippen MR) is 268 cm³/mol. The van der Waals surface area contributed by atoms with Crippen LogP contribution in [0, 0.1) is 29.6 Å². The lowest BCUT2D eigenvalue weighted by atomic mass is 9.78. The molecular weight excluding hydrogens is 988 g/mol. The number of alkyl halides is 3. The third-order valence-corrected chi connectivity index (χ3v) is 15.2. The molecule has 2 saturated heterocycles. The maximum absolute atomic E-state index is 14.5.